The smallest absolute Gasteiger partial charge is 0.129 e. The van der Waals surface area contributed by atoms with Crippen LogP contribution in [0.5, 0.6) is 5.75 Å². The van der Waals surface area contributed by atoms with Gasteiger partial charge in [-0.25, -0.2) is 8.78 Å². The molecule has 2 nitrogen and oxygen atoms in total. The van der Waals surface area contributed by atoms with Crippen LogP contribution in [0.25, 0.3) is 0 Å². The van der Waals surface area contributed by atoms with Gasteiger partial charge in [0, 0.05) is 18.2 Å². The predicted octanol–water partition coefficient (Wildman–Crippen LogP) is 3.92. The van der Waals surface area contributed by atoms with Gasteiger partial charge in [0.2, 0.25) is 0 Å². The SMILES string of the molecule is CNC(COc1cc(F)cc(F)c1)c1ccc(C)c(C)c1. The Morgan fingerprint density at radius 2 is 1.67 bits per heavy atom. The third-order valence-corrected chi connectivity index (χ3v) is 3.53. The van der Waals surface area contributed by atoms with E-state index in [0.29, 0.717) is 6.61 Å². The van der Waals surface area contributed by atoms with Gasteiger partial charge in [-0.3, -0.25) is 0 Å². The van der Waals surface area contributed by atoms with Crippen LogP contribution in [-0.2, 0) is 0 Å². The number of hydrogen-bond donors (Lipinski definition) is 1. The first-order valence-corrected chi connectivity index (χ1v) is 6.83. The number of hydrogen-bond acceptors (Lipinski definition) is 2. The first-order chi connectivity index (χ1) is 9.99. The summed E-state index contributed by atoms with van der Waals surface area (Å²) in [6.45, 7) is 4.40. The lowest BCUT2D eigenvalue weighted by Crippen LogP contribution is -2.23. The van der Waals surface area contributed by atoms with E-state index >= 15 is 0 Å². The maximum absolute atomic E-state index is 13.1. The average Bonchev–Trinajstić information content (AvgIpc) is 2.42. The van der Waals surface area contributed by atoms with Crippen LogP contribution in [-0.4, -0.2) is 13.7 Å². The van der Waals surface area contributed by atoms with Gasteiger partial charge in [-0.15, -0.1) is 0 Å². The lowest BCUT2D eigenvalue weighted by atomic mass is 10.0. The molecular formula is C17H19F2NO. The zero-order chi connectivity index (χ0) is 15.4. The molecule has 0 aromatic heterocycles. The Kier molecular flexibility index (Phi) is 4.91. The Morgan fingerprint density at radius 1 is 1.00 bits per heavy atom. The molecular weight excluding hydrogens is 272 g/mol. The van der Waals surface area contributed by atoms with Gasteiger partial charge in [0.05, 0.1) is 6.04 Å². The van der Waals surface area contributed by atoms with Gasteiger partial charge in [-0.05, 0) is 37.6 Å². The van der Waals surface area contributed by atoms with Crippen LogP contribution >= 0.6 is 0 Å². The van der Waals surface area contributed by atoms with Crippen LogP contribution in [0.15, 0.2) is 36.4 Å². The summed E-state index contributed by atoms with van der Waals surface area (Å²) < 4.78 is 31.7. The number of ether oxygens (including phenoxy) is 1. The highest BCUT2D eigenvalue weighted by Gasteiger charge is 2.11. The van der Waals surface area contributed by atoms with E-state index in [4.69, 9.17) is 4.74 Å². The summed E-state index contributed by atoms with van der Waals surface area (Å²) in [5, 5.41) is 3.15. The van der Waals surface area contributed by atoms with Gasteiger partial charge < -0.3 is 10.1 Å². The Morgan fingerprint density at radius 3 is 2.24 bits per heavy atom. The second kappa shape index (κ2) is 6.68. The molecule has 0 aliphatic rings. The van der Waals surface area contributed by atoms with Gasteiger partial charge in [0.25, 0.3) is 0 Å². The van der Waals surface area contributed by atoms with Crippen molar-refractivity contribution < 1.29 is 13.5 Å². The van der Waals surface area contributed by atoms with Gasteiger partial charge >= 0.3 is 0 Å². The fraction of sp³-hybridized carbons (Fsp3) is 0.294. The number of benzene rings is 2. The molecule has 21 heavy (non-hydrogen) atoms. The molecule has 0 spiro atoms. The normalized spacial score (nSPS) is 12.2. The number of rotatable bonds is 5. The Bertz CT molecular complexity index is 608. The molecule has 1 N–H and O–H groups in total. The minimum absolute atomic E-state index is 0.0457. The average molecular weight is 291 g/mol. The minimum atomic E-state index is -0.641. The fourth-order valence-electron chi connectivity index (χ4n) is 2.12. The summed E-state index contributed by atoms with van der Waals surface area (Å²) in [6, 6.07) is 9.30. The van der Waals surface area contributed by atoms with Crippen molar-refractivity contribution in [2.75, 3.05) is 13.7 Å². The largest absolute Gasteiger partial charge is 0.491 e. The summed E-state index contributed by atoms with van der Waals surface area (Å²) in [7, 11) is 1.83. The maximum Gasteiger partial charge on any atom is 0.129 e. The van der Waals surface area contributed by atoms with Crippen LogP contribution in [0.1, 0.15) is 22.7 Å². The zero-order valence-electron chi connectivity index (χ0n) is 12.4. The van der Waals surface area contributed by atoms with E-state index in [0.717, 1.165) is 11.6 Å². The van der Waals surface area contributed by atoms with E-state index in [9.17, 15) is 8.78 Å². The standard InChI is InChI=1S/C17H19F2NO/c1-11-4-5-13(6-12(11)2)17(20-3)10-21-16-8-14(18)7-15(19)9-16/h4-9,17,20H,10H2,1-3H3. The molecule has 0 amide bonds. The second-order valence-corrected chi connectivity index (χ2v) is 5.10. The van der Waals surface area contributed by atoms with Crippen LogP contribution in [0.4, 0.5) is 8.78 Å². The summed E-state index contributed by atoms with van der Waals surface area (Å²) in [5.41, 5.74) is 3.50. The molecule has 2 aromatic rings. The lowest BCUT2D eigenvalue weighted by molar-refractivity contribution is 0.270. The van der Waals surface area contributed by atoms with Gasteiger partial charge in [-0.1, -0.05) is 18.2 Å². The van der Waals surface area contributed by atoms with E-state index in [2.05, 4.69) is 24.4 Å². The van der Waals surface area contributed by atoms with Crippen LogP contribution < -0.4 is 10.1 Å². The van der Waals surface area contributed by atoms with Crippen LogP contribution in [0, 0.1) is 25.5 Å². The van der Waals surface area contributed by atoms with E-state index in [1.165, 1.54) is 23.3 Å². The summed E-state index contributed by atoms with van der Waals surface area (Å²) in [6.07, 6.45) is 0. The summed E-state index contributed by atoms with van der Waals surface area (Å²) in [4.78, 5) is 0. The van der Waals surface area contributed by atoms with Crippen LogP contribution in [0.2, 0.25) is 0 Å². The highest BCUT2D eigenvalue weighted by molar-refractivity contribution is 5.32. The van der Waals surface area contributed by atoms with Crippen molar-refractivity contribution in [2.45, 2.75) is 19.9 Å². The zero-order valence-corrected chi connectivity index (χ0v) is 12.4. The van der Waals surface area contributed by atoms with Gasteiger partial charge in [0.1, 0.15) is 24.0 Å². The highest BCUT2D eigenvalue weighted by atomic mass is 19.1. The number of aryl methyl sites for hydroxylation is 2. The lowest BCUT2D eigenvalue weighted by Gasteiger charge is -2.18. The quantitative estimate of drug-likeness (QED) is 0.901. The molecule has 1 atom stereocenters. The van der Waals surface area contributed by atoms with E-state index in [-0.39, 0.29) is 11.8 Å². The first-order valence-electron chi connectivity index (χ1n) is 6.83. The van der Waals surface area contributed by atoms with Gasteiger partial charge in [0.15, 0.2) is 0 Å². The Hall–Kier alpha value is -1.94. The van der Waals surface area contributed by atoms with Gasteiger partial charge in [-0.2, -0.15) is 0 Å². The molecule has 0 aliphatic heterocycles. The topological polar surface area (TPSA) is 21.3 Å². The van der Waals surface area contributed by atoms with Crippen molar-refractivity contribution >= 4 is 0 Å². The molecule has 112 valence electrons. The fourth-order valence-corrected chi connectivity index (χ4v) is 2.12. The van der Waals surface area contributed by atoms with Crippen molar-refractivity contribution in [2.24, 2.45) is 0 Å². The third kappa shape index (κ3) is 4.02. The van der Waals surface area contributed by atoms with Crippen LogP contribution in [0.3, 0.4) is 0 Å². The van der Waals surface area contributed by atoms with Crippen molar-refractivity contribution in [1.82, 2.24) is 5.32 Å². The molecule has 0 fully saturated rings. The molecule has 2 aromatic carbocycles. The van der Waals surface area contributed by atoms with Crippen molar-refractivity contribution in [1.29, 1.82) is 0 Å². The first kappa shape index (κ1) is 15.4. The molecule has 0 saturated carbocycles. The maximum atomic E-state index is 13.1. The number of halogens is 2. The molecule has 2 rings (SSSR count). The van der Waals surface area contributed by atoms with E-state index in [1.807, 2.05) is 20.0 Å². The van der Waals surface area contributed by atoms with E-state index in [1.54, 1.807) is 0 Å². The monoisotopic (exact) mass is 291 g/mol. The summed E-state index contributed by atoms with van der Waals surface area (Å²) in [5.74, 6) is -1.09. The second-order valence-electron chi connectivity index (χ2n) is 5.10. The molecule has 4 heteroatoms. The highest BCUT2D eigenvalue weighted by Crippen LogP contribution is 2.20. The third-order valence-electron chi connectivity index (χ3n) is 3.53. The molecule has 0 aliphatic carbocycles. The van der Waals surface area contributed by atoms with Crippen molar-refractivity contribution in [3.8, 4) is 5.75 Å². The Balaban J connectivity index is 2.10. The number of nitrogens with one attached hydrogen (secondary N) is 1. The number of likely N-dealkylation sites (N-methyl/N-ethyl adjacent to an activating group) is 1. The van der Waals surface area contributed by atoms with Crippen molar-refractivity contribution in [3.05, 3.63) is 64.7 Å². The molecule has 0 radical (unpaired) electrons. The molecule has 0 saturated heterocycles. The molecule has 0 heterocycles. The van der Waals surface area contributed by atoms with Crippen molar-refractivity contribution in [3.63, 3.8) is 0 Å². The molecule has 1 unspecified atom stereocenters. The predicted molar refractivity (Wildman–Crippen MR) is 79.6 cm³/mol. The van der Waals surface area contributed by atoms with E-state index < -0.39 is 11.6 Å². The Labute approximate surface area is 123 Å². The minimum Gasteiger partial charge on any atom is -0.491 e. The summed E-state index contributed by atoms with van der Waals surface area (Å²) >= 11 is 0. The molecule has 0 bridgehead atoms.